The maximum atomic E-state index is 2.42. The molecule has 1 aliphatic heterocycles. The summed E-state index contributed by atoms with van der Waals surface area (Å²) in [5, 5.41) is 0. The zero-order valence-corrected chi connectivity index (χ0v) is 9.61. The second kappa shape index (κ2) is 4.52. The Hall–Kier alpha value is -1.24. The van der Waals surface area contributed by atoms with Crippen molar-refractivity contribution in [3.8, 4) is 0 Å². The van der Waals surface area contributed by atoms with E-state index in [1.54, 1.807) is 0 Å². The van der Waals surface area contributed by atoms with Gasteiger partial charge in [-0.05, 0) is 30.0 Å². The molecule has 1 heterocycles. The van der Waals surface area contributed by atoms with E-state index in [9.17, 15) is 0 Å². The molecule has 0 bridgehead atoms. The van der Waals surface area contributed by atoms with Crippen LogP contribution in [0.5, 0.6) is 0 Å². The number of nitrogens with zero attached hydrogens (tertiary/aromatic N) is 1. The molecule has 1 aliphatic rings. The van der Waals surface area contributed by atoms with Gasteiger partial charge in [0.1, 0.15) is 0 Å². The van der Waals surface area contributed by atoms with Crippen LogP contribution in [0.2, 0.25) is 0 Å². The predicted molar refractivity (Wildman–Crippen MR) is 66.5 cm³/mol. The Kier molecular flexibility index (Phi) is 3.10. The summed E-state index contributed by atoms with van der Waals surface area (Å²) >= 11 is 0. The molecule has 0 N–H and O–H groups in total. The number of hydrogen-bond donors (Lipinski definition) is 0. The third-order valence-electron chi connectivity index (χ3n) is 2.98. The minimum Gasteiger partial charge on any atom is -0.368 e. The highest BCUT2D eigenvalue weighted by Gasteiger charge is 2.07. The maximum absolute atomic E-state index is 2.42. The van der Waals surface area contributed by atoms with Gasteiger partial charge in [0.15, 0.2) is 0 Å². The lowest BCUT2D eigenvalue weighted by molar-refractivity contribution is 0.818. The van der Waals surface area contributed by atoms with Crippen LogP contribution in [-0.4, -0.2) is 13.1 Å². The molecule has 1 aromatic rings. The molecule has 0 unspecified atom stereocenters. The van der Waals surface area contributed by atoms with E-state index in [2.05, 4.69) is 55.2 Å². The van der Waals surface area contributed by atoms with Gasteiger partial charge in [-0.25, -0.2) is 0 Å². The van der Waals surface area contributed by atoms with Crippen molar-refractivity contribution in [2.45, 2.75) is 26.2 Å². The topological polar surface area (TPSA) is 3.24 Å². The minimum atomic E-state index is 0.625. The van der Waals surface area contributed by atoms with Gasteiger partial charge in [0.25, 0.3) is 0 Å². The molecule has 1 heteroatoms. The van der Waals surface area contributed by atoms with E-state index in [0.29, 0.717) is 5.92 Å². The van der Waals surface area contributed by atoms with Crippen molar-refractivity contribution in [3.63, 3.8) is 0 Å². The van der Waals surface area contributed by atoms with Gasteiger partial charge in [0.2, 0.25) is 0 Å². The van der Waals surface area contributed by atoms with Gasteiger partial charge in [0.05, 0.1) is 0 Å². The Balaban J connectivity index is 2.12. The molecule has 0 fully saturated rings. The second-order valence-corrected chi connectivity index (χ2v) is 4.45. The van der Waals surface area contributed by atoms with Crippen molar-refractivity contribution in [2.75, 3.05) is 18.0 Å². The molecule has 0 aliphatic carbocycles. The van der Waals surface area contributed by atoms with Gasteiger partial charge >= 0.3 is 0 Å². The Morgan fingerprint density at radius 3 is 2.33 bits per heavy atom. The first-order chi connectivity index (χ1) is 7.27. The first kappa shape index (κ1) is 10.3. The number of anilines is 1. The fourth-order valence-corrected chi connectivity index (χ4v) is 1.95. The summed E-state index contributed by atoms with van der Waals surface area (Å²) < 4.78 is 0. The first-order valence-corrected chi connectivity index (χ1v) is 5.77. The molecule has 1 aromatic carbocycles. The van der Waals surface area contributed by atoms with E-state index in [1.165, 1.54) is 17.7 Å². The molecule has 15 heavy (non-hydrogen) atoms. The van der Waals surface area contributed by atoms with Gasteiger partial charge in [-0.2, -0.15) is 0 Å². The zero-order valence-electron chi connectivity index (χ0n) is 9.61. The van der Waals surface area contributed by atoms with Crippen LogP contribution in [0.25, 0.3) is 0 Å². The predicted octanol–water partition coefficient (Wildman–Crippen LogP) is 3.58. The fraction of sp³-hybridized carbons (Fsp3) is 0.429. The lowest BCUT2D eigenvalue weighted by Crippen LogP contribution is -2.26. The van der Waals surface area contributed by atoms with Gasteiger partial charge in [0, 0.05) is 18.8 Å². The summed E-state index contributed by atoms with van der Waals surface area (Å²) in [6, 6.07) is 8.99. The molecule has 1 nitrogen and oxygen atoms in total. The maximum Gasteiger partial charge on any atom is 0.0369 e. The molecule has 0 radical (unpaired) electrons. The summed E-state index contributed by atoms with van der Waals surface area (Å²) in [4.78, 5) is 2.42. The smallest absolute Gasteiger partial charge is 0.0369 e. The molecule has 0 atom stereocenters. The van der Waals surface area contributed by atoms with Gasteiger partial charge in [-0.1, -0.05) is 38.1 Å². The molecule has 0 spiro atoms. The second-order valence-electron chi connectivity index (χ2n) is 4.45. The summed E-state index contributed by atoms with van der Waals surface area (Å²) in [5.74, 6) is 0.625. The largest absolute Gasteiger partial charge is 0.368 e. The average molecular weight is 201 g/mol. The van der Waals surface area contributed by atoms with Crippen molar-refractivity contribution in [3.05, 3.63) is 42.0 Å². The molecular weight excluding hydrogens is 182 g/mol. The molecule has 2 rings (SSSR count). The van der Waals surface area contributed by atoms with E-state index in [4.69, 9.17) is 0 Å². The van der Waals surface area contributed by atoms with Crippen LogP contribution in [0.15, 0.2) is 36.4 Å². The van der Waals surface area contributed by atoms with Crippen molar-refractivity contribution in [1.29, 1.82) is 0 Å². The highest BCUT2D eigenvalue weighted by atomic mass is 15.1. The molecule has 0 aromatic heterocycles. The normalized spacial score (nSPS) is 16.1. The van der Waals surface area contributed by atoms with Crippen LogP contribution in [0.1, 0.15) is 31.7 Å². The molecule has 80 valence electrons. The van der Waals surface area contributed by atoms with Crippen molar-refractivity contribution in [1.82, 2.24) is 0 Å². The van der Waals surface area contributed by atoms with Crippen LogP contribution < -0.4 is 4.90 Å². The van der Waals surface area contributed by atoms with Gasteiger partial charge < -0.3 is 4.90 Å². The quantitative estimate of drug-likeness (QED) is 0.661. The third kappa shape index (κ3) is 2.41. The zero-order chi connectivity index (χ0) is 10.7. The van der Waals surface area contributed by atoms with E-state index < -0.39 is 0 Å². The Labute approximate surface area is 92.4 Å². The first-order valence-electron chi connectivity index (χ1n) is 5.77. The molecule has 0 amide bonds. The summed E-state index contributed by atoms with van der Waals surface area (Å²) in [7, 11) is 0. The Morgan fingerprint density at radius 2 is 1.80 bits per heavy atom. The number of benzene rings is 1. The van der Waals surface area contributed by atoms with Crippen molar-refractivity contribution < 1.29 is 0 Å². The van der Waals surface area contributed by atoms with Crippen molar-refractivity contribution in [2.24, 2.45) is 0 Å². The van der Waals surface area contributed by atoms with Crippen LogP contribution in [0.4, 0.5) is 5.69 Å². The van der Waals surface area contributed by atoms with Crippen LogP contribution in [-0.2, 0) is 0 Å². The highest BCUT2D eigenvalue weighted by molar-refractivity contribution is 5.49. The summed E-state index contributed by atoms with van der Waals surface area (Å²) in [6.07, 6.45) is 5.69. The van der Waals surface area contributed by atoms with E-state index in [1.807, 2.05) is 0 Å². The molecular formula is C14H19N. The van der Waals surface area contributed by atoms with E-state index >= 15 is 0 Å². The minimum absolute atomic E-state index is 0.625. The summed E-state index contributed by atoms with van der Waals surface area (Å²) in [5.41, 5.74) is 2.77. The number of hydrogen-bond acceptors (Lipinski definition) is 1. The number of rotatable bonds is 2. The van der Waals surface area contributed by atoms with E-state index in [-0.39, 0.29) is 0 Å². The SMILES string of the molecule is CC(C)c1ccc(N2CC=CCC2)cc1. The lowest BCUT2D eigenvalue weighted by atomic mass is 10.0. The average Bonchev–Trinajstić information content (AvgIpc) is 2.30. The van der Waals surface area contributed by atoms with Crippen LogP contribution >= 0.6 is 0 Å². The van der Waals surface area contributed by atoms with E-state index in [0.717, 1.165) is 13.1 Å². The third-order valence-corrected chi connectivity index (χ3v) is 2.98. The highest BCUT2D eigenvalue weighted by Crippen LogP contribution is 2.21. The van der Waals surface area contributed by atoms with Crippen LogP contribution in [0, 0.1) is 0 Å². The Morgan fingerprint density at radius 1 is 1.07 bits per heavy atom. The lowest BCUT2D eigenvalue weighted by Gasteiger charge is -2.25. The summed E-state index contributed by atoms with van der Waals surface area (Å²) in [6.45, 7) is 6.68. The van der Waals surface area contributed by atoms with Crippen LogP contribution in [0.3, 0.4) is 0 Å². The van der Waals surface area contributed by atoms with Gasteiger partial charge in [-0.15, -0.1) is 0 Å². The van der Waals surface area contributed by atoms with Gasteiger partial charge in [-0.3, -0.25) is 0 Å². The molecule has 0 saturated heterocycles. The fourth-order valence-electron chi connectivity index (χ4n) is 1.95. The Bertz CT molecular complexity index is 335. The monoisotopic (exact) mass is 201 g/mol. The standard InChI is InChI=1S/C14H19N/c1-12(2)13-6-8-14(9-7-13)15-10-4-3-5-11-15/h3-4,6-9,12H,5,10-11H2,1-2H3. The van der Waals surface area contributed by atoms with Crippen molar-refractivity contribution >= 4 is 5.69 Å². The molecule has 0 saturated carbocycles.